The fraction of sp³-hybridized carbons (Fsp3) is 0.235. The maximum atomic E-state index is 12.2. The fourth-order valence-electron chi connectivity index (χ4n) is 2.57. The molecule has 6 heteroatoms. The van der Waals surface area contributed by atoms with E-state index in [1.165, 1.54) is 0 Å². The molecule has 3 N–H and O–H groups in total. The molecule has 1 aliphatic heterocycles. The Morgan fingerprint density at radius 2 is 2.00 bits per heavy atom. The molecule has 1 heterocycles. The van der Waals surface area contributed by atoms with Gasteiger partial charge in [0.15, 0.2) is 0 Å². The number of rotatable bonds is 5. The van der Waals surface area contributed by atoms with Crippen LogP contribution in [-0.4, -0.2) is 23.0 Å². The van der Waals surface area contributed by atoms with Gasteiger partial charge in [-0.15, -0.1) is 0 Å². The number of anilines is 1. The fourth-order valence-corrected chi connectivity index (χ4v) is 2.73. The zero-order chi connectivity index (χ0) is 16.2. The second-order valence-corrected chi connectivity index (χ2v) is 5.95. The van der Waals surface area contributed by atoms with Gasteiger partial charge in [0, 0.05) is 16.6 Å². The molecule has 5 nitrogen and oxygen atoms in total. The van der Waals surface area contributed by atoms with Gasteiger partial charge in [0.1, 0.15) is 11.9 Å². The van der Waals surface area contributed by atoms with Gasteiger partial charge in [-0.05, 0) is 29.8 Å². The summed E-state index contributed by atoms with van der Waals surface area (Å²) in [4.78, 5) is 12.2. The maximum absolute atomic E-state index is 12.2. The van der Waals surface area contributed by atoms with Gasteiger partial charge in [-0.25, -0.2) is 0 Å². The van der Waals surface area contributed by atoms with Crippen LogP contribution in [0, 0.1) is 0 Å². The molecule has 0 aliphatic carbocycles. The Bertz CT molecular complexity index is 721. The van der Waals surface area contributed by atoms with Crippen molar-refractivity contribution in [2.45, 2.75) is 12.8 Å². The lowest BCUT2D eigenvalue weighted by atomic mass is 10.0. The van der Waals surface area contributed by atoms with E-state index in [4.69, 9.17) is 4.74 Å². The van der Waals surface area contributed by atoms with Crippen molar-refractivity contribution in [2.24, 2.45) is 0 Å². The molecule has 1 unspecified atom stereocenters. The highest BCUT2D eigenvalue weighted by atomic mass is 79.9. The van der Waals surface area contributed by atoms with Gasteiger partial charge in [0.25, 0.3) is 5.91 Å². The van der Waals surface area contributed by atoms with Crippen molar-refractivity contribution in [3.63, 3.8) is 0 Å². The first-order chi connectivity index (χ1) is 11.2. The lowest BCUT2D eigenvalue weighted by Crippen LogP contribution is -2.38. The van der Waals surface area contributed by atoms with Crippen LogP contribution in [0.2, 0.25) is 0 Å². The van der Waals surface area contributed by atoms with Crippen molar-refractivity contribution in [1.29, 1.82) is 0 Å². The largest absolute Gasteiger partial charge is 0.492 e. The van der Waals surface area contributed by atoms with Gasteiger partial charge in [-0.2, -0.15) is 0 Å². The molecule has 23 heavy (non-hydrogen) atoms. The molecule has 2 aromatic carbocycles. The monoisotopic (exact) mass is 376 g/mol. The first-order valence-electron chi connectivity index (χ1n) is 7.32. The van der Waals surface area contributed by atoms with Crippen molar-refractivity contribution in [3.05, 3.63) is 59.2 Å². The van der Waals surface area contributed by atoms with E-state index >= 15 is 0 Å². The van der Waals surface area contributed by atoms with Crippen LogP contribution in [-0.2, 0) is 6.61 Å². The van der Waals surface area contributed by atoms with Gasteiger partial charge in [0.2, 0.25) is 0 Å². The normalized spacial score (nSPS) is 16.3. The number of nitrogens with one attached hydrogen (secondary N) is 2. The SMILES string of the molecule is O=C1NC(c2ccc(OCCBr)c(CO)c2)Nc2ccccc21. The Labute approximate surface area is 142 Å². The van der Waals surface area contributed by atoms with Crippen LogP contribution in [0.3, 0.4) is 0 Å². The third-order valence-electron chi connectivity index (χ3n) is 3.67. The molecule has 3 rings (SSSR count). The molecule has 1 atom stereocenters. The number of para-hydroxylation sites is 1. The van der Waals surface area contributed by atoms with Crippen molar-refractivity contribution in [2.75, 3.05) is 17.3 Å². The maximum Gasteiger partial charge on any atom is 0.255 e. The lowest BCUT2D eigenvalue weighted by molar-refractivity contribution is 0.0935. The standard InChI is InChI=1S/C17H17BrN2O3/c18-7-8-23-15-6-5-11(9-12(15)10-21)16-19-14-4-2-1-3-13(14)17(22)20-16/h1-6,9,16,19,21H,7-8,10H2,(H,20,22). The van der Waals surface area contributed by atoms with E-state index < -0.39 is 0 Å². The van der Waals surface area contributed by atoms with Crippen LogP contribution in [0.5, 0.6) is 5.75 Å². The average Bonchev–Trinajstić information content (AvgIpc) is 2.59. The Morgan fingerprint density at radius 3 is 2.78 bits per heavy atom. The first-order valence-corrected chi connectivity index (χ1v) is 8.44. The van der Waals surface area contributed by atoms with Crippen molar-refractivity contribution >= 4 is 27.5 Å². The Balaban J connectivity index is 1.86. The number of amides is 1. The van der Waals surface area contributed by atoms with Crippen LogP contribution in [0.4, 0.5) is 5.69 Å². The van der Waals surface area contributed by atoms with E-state index in [1.54, 1.807) is 6.07 Å². The zero-order valence-electron chi connectivity index (χ0n) is 12.4. The molecule has 0 saturated heterocycles. The minimum atomic E-state index is -0.340. The number of ether oxygens (including phenoxy) is 1. The number of carbonyl (C=O) groups is 1. The van der Waals surface area contributed by atoms with Crippen LogP contribution in [0.25, 0.3) is 0 Å². The number of fused-ring (bicyclic) bond motifs is 1. The van der Waals surface area contributed by atoms with Gasteiger partial charge >= 0.3 is 0 Å². The van der Waals surface area contributed by atoms with Crippen molar-refractivity contribution in [3.8, 4) is 5.75 Å². The van der Waals surface area contributed by atoms with Crippen LogP contribution < -0.4 is 15.4 Å². The number of aliphatic hydroxyl groups excluding tert-OH is 1. The molecule has 0 aromatic heterocycles. The molecular weight excluding hydrogens is 360 g/mol. The highest BCUT2D eigenvalue weighted by Crippen LogP contribution is 2.29. The second-order valence-electron chi connectivity index (χ2n) is 5.16. The number of hydrogen-bond acceptors (Lipinski definition) is 4. The van der Waals surface area contributed by atoms with E-state index in [0.717, 1.165) is 16.6 Å². The highest BCUT2D eigenvalue weighted by Gasteiger charge is 2.24. The van der Waals surface area contributed by atoms with Crippen molar-refractivity contribution in [1.82, 2.24) is 5.32 Å². The van der Waals surface area contributed by atoms with E-state index in [2.05, 4.69) is 26.6 Å². The number of hydrogen-bond donors (Lipinski definition) is 3. The van der Waals surface area contributed by atoms with Crippen LogP contribution in [0.1, 0.15) is 27.7 Å². The third-order valence-corrected chi connectivity index (χ3v) is 3.99. The number of aliphatic hydroxyl groups is 1. The van der Waals surface area contributed by atoms with E-state index in [1.807, 2.05) is 36.4 Å². The number of carbonyl (C=O) groups excluding carboxylic acids is 1. The van der Waals surface area contributed by atoms with Gasteiger partial charge < -0.3 is 20.5 Å². The number of halogens is 1. The molecule has 0 saturated carbocycles. The second kappa shape index (κ2) is 7.02. The Morgan fingerprint density at radius 1 is 1.17 bits per heavy atom. The summed E-state index contributed by atoms with van der Waals surface area (Å²) in [5.41, 5.74) is 2.98. The predicted octanol–water partition coefficient (Wildman–Crippen LogP) is 2.81. The average molecular weight is 377 g/mol. The smallest absolute Gasteiger partial charge is 0.255 e. The summed E-state index contributed by atoms with van der Waals surface area (Å²) < 4.78 is 5.58. The molecule has 0 spiro atoms. The van der Waals surface area contributed by atoms with E-state index in [-0.39, 0.29) is 18.7 Å². The van der Waals surface area contributed by atoms with Crippen molar-refractivity contribution < 1.29 is 14.6 Å². The molecular formula is C17H17BrN2O3. The molecule has 120 valence electrons. The van der Waals surface area contributed by atoms with Gasteiger partial charge in [0.05, 0.1) is 18.8 Å². The molecule has 0 bridgehead atoms. The summed E-state index contributed by atoms with van der Waals surface area (Å²) in [6, 6.07) is 12.9. The predicted molar refractivity (Wildman–Crippen MR) is 91.9 cm³/mol. The summed E-state index contributed by atoms with van der Waals surface area (Å²) >= 11 is 3.31. The summed E-state index contributed by atoms with van der Waals surface area (Å²) in [5, 5.41) is 16.5. The Kier molecular flexibility index (Phi) is 4.83. The molecule has 1 aliphatic rings. The first kappa shape index (κ1) is 15.8. The molecule has 2 aromatic rings. The quantitative estimate of drug-likeness (QED) is 0.701. The summed E-state index contributed by atoms with van der Waals surface area (Å²) in [6.45, 7) is 0.404. The number of alkyl halides is 1. The summed E-state index contributed by atoms with van der Waals surface area (Å²) in [5.74, 6) is 0.535. The summed E-state index contributed by atoms with van der Waals surface area (Å²) in [6.07, 6.45) is -0.340. The van der Waals surface area contributed by atoms with Crippen LogP contribution in [0.15, 0.2) is 42.5 Å². The van der Waals surface area contributed by atoms with Gasteiger partial charge in [-0.1, -0.05) is 34.1 Å². The molecule has 0 radical (unpaired) electrons. The molecule has 0 fully saturated rings. The zero-order valence-corrected chi connectivity index (χ0v) is 14.0. The molecule has 1 amide bonds. The topological polar surface area (TPSA) is 70.6 Å². The van der Waals surface area contributed by atoms with E-state index in [0.29, 0.717) is 23.5 Å². The van der Waals surface area contributed by atoms with Gasteiger partial charge in [-0.3, -0.25) is 4.79 Å². The highest BCUT2D eigenvalue weighted by molar-refractivity contribution is 9.09. The van der Waals surface area contributed by atoms with Crippen LogP contribution >= 0.6 is 15.9 Å². The van der Waals surface area contributed by atoms with E-state index in [9.17, 15) is 9.90 Å². The number of benzene rings is 2. The minimum Gasteiger partial charge on any atom is -0.492 e. The summed E-state index contributed by atoms with van der Waals surface area (Å²) in [7, 11) is 0. The lowest BCUT2D eigenvalue weighted by Gasteiger charge is -2.28. The Hall–Kier alpha value is -2.05. The minimum absolute atomic E-state index is 0.116. The third kappa shape index (κ3) is 3.33.